The van der Waals surface area contributed by atoms with Crippen molar-refractivity contribution in [1.82, 2.24) is 0 Å². The summed E-state index contributed by atoms with van der Waals surface area (Å²) in [5.41, 5.74) is 0.393. The zero-order valence-corrected chi connectivity index (χ0v) is 9.04. The fraction of sp³-hybridized carbons (Fsp3) is 0.273. The zero-order chi connectivity index (χ0) is 12.1. The van der Waals surface area contributed by atoms with E-state index < -0.39 is 11.7 Å². The van der Waals surface area contributed by atoms with Crippen LogP contribution in [0.1, 0.15) is 13.3 Å². The summed E-state index contributed by atoms with van der Waals surface area (Å²) in [5.74, 6) is -1.12. The predicted octanol–water partition coefficient (Wildman–Crippen LogP) is 1.75. The number of amides is 1. The number of halogens is 1. The number of carbonyl (C=O) groups is 2. The van der Waals surface area contributed by atoms with Crippen molar-refractivity contribution in [1.29, 1.82) is 0 Å². The van der Waals surface area contributed by atoms with Gasteiger partial charge in [0.05, 0.1) is 13.5 Å². The molecule has 0 atom stereocenters. The minimum absolute atomic E-state index is 0.0422. The lowest BCUT2D eigenvalue weighted by molar-refractivity contribution is -0.124. The van der Waals surface area contributed by atoms with Gasteiger partial charge in [-0.25, -0.2) is 4.39 Å². The van der Waals surface area contributed by atoms with Gasteiger partial charge in [-0.15, -0.1) is 0 Å². The van der Waals surface area contributed by atoms with E-state index in [-0.39, 0.29) is 18.0 Å². The van der Waals surface area contributed by atoms with Gasteiger partial charge in [-0.3, -0.25) is 9.59 Å². The second kappa shape index (κ2) is 5.25. The molecular formula is C11H12FNO3. The summed E-state index contributed by atoms with van der Waals surface area (Å²) in [6.07, 6.45) is -0.195. The van der Waals surface area contributed by atoms with Gasteiger partial charge in [-0.05, 0) is 19.1 Å². The van der Waals surface area contributed by atoms with Crippen LogP contribution < -0.4 is 10.1 Å². The summed E-state index contributed by atoms with van der Waals surface area (Å²) in [5, 5.41) is 2.47. The smallest absolute Gasteiger partial charge is 0.231 e. The van der Waals surface area contributed by atoms with Gasteiger partial charge in [0.1, 0.15) is 5.78 Å². The normalized spacial score (nSPS) is 9.69. The maximum Gasteiger partial charge on any atom is 0.231 e. The molecule has 0 saturated carbocycles. The highest BCUT2D eigenvalue weighted by Gasteiger charge is 2.08. The highest BCUT2D eigenvalue weighted by Crippen LogP contribution is 2.21. The summed E-state index contributed by atoms with van der Waals surface area (Å²) in [6, 6.07) is 3.94. The Morgan fingerprint density at radius 1 is 1.44 bits per heavy atom. The summed E-state index contributed by atoms with van der Waals surface area (Å²) in [4.78, 5) is 21.9. The predicted molar refractivity (Wildman–Crippen MR) is 56.9 cm³/mol. The molecule has 1 amide bonds. The average molecular weight is 225 g/mol. The minimum Gasteiger partial charge on any atom is -0.494 e. The first-order chi connectivity index (χ1) is 7.52. The number of rotatable bonds is 4. The van der Waals surface area contributed by atoms with Crippen molar-refractivity contribution in [3.8, 4) is 5.75 Å². The van der Waals surface area contributed by atoms with Gasteiger partial charge in [0.2, 0.25) is 5.91 Å². The molecule has 1 aromatic rings. The monoisotopic (exact) mass is 225 g/mol. The van der Waals surface area contributed by atoms with Crippen molar-refractivity contribution in [3.63, 3.8) is 0 Å². The fourth-order valence-electron chi connectivity index (χ4n) is 1.17. The first-order valence-corrected chi connectivity index (χ1v) is 4.65. The largest absolute Gasteiger partial charge is 0.494 e. The first kappa shape index (κ1) is 12.2. The van der Waals surface area contributed by atoms with E-state index >= 15 is 0 Å². The Morgan fingerprint density at radius 3 is 2.69 bits per heavy atom. The molecule has 0 bridgehead atoms. The second-order valence-electron chi connectivity index (χ2n) is 3.28. The van der Waals surface area contributed by atoms with Crippen LogP contribution in [0.3, 0.4) is 0 Å². The highest BCUT2D eigenvalue weighted by atomic mass is 19.1. The van der Waals surface area contributed by atoms with Crippen molar-refractivity contribution in [3.05, 3.63) is 24.0 Å². The highest BCUT2D eigenvalue weighted by molar-refractivity contribution is 6.03. The minimum atomic E-state index is -0.507. The number of Topliss-reactive ketones (excluding diaryl/α,β-unsaturated/α-hetero) is 1. The summed E-state index contributed by atoms with van der Waals surface area (Å²) >= 11 is 0. The summed E-state index contributed by atoms with van der Waals surface area (Å²) in [6.45, 7) is 1.32. The summed E-state index contributed by atoms with van der Waals surface area (Å²) < 4.78 is 17.8. The van der Waals surface area contributed by atoms with Crippen LogP contribution in [0.25, 0.3) is 0 Å². The molecule has 0 aliphatic carbocycles. The van der Waals surface area contributed by atoms with E-state index in [1.807, 2.05) is 0 Å². The lowest BCUT2D eigenvalue weighted by Gasteiger charge is -2.06. The van der Waals surface area contributed by atoms with Gasteiger partial charge in [-0.2, -0.15) is 0 Å². The Balaban J connectivity index is 2.74. The van der Waals surface area contributed by atoms with Crippen molar-refractivity contribution in [2.24, 2.45) is 0 Å². The average Bonchev–Trinajstić information content (AvgIpc) is 2.19. The molecule has 0 aliphatic rings. The SMILES string of the molecule is COc1cc(NC(=O)CC(C)=O)ccc1F. The Morgan fingerprint density at radius 2 is 2.12 bits per heavy atom. The van der Waals surface area contributed by atoms with Crippen molar-refractivity contribution in [2.45, 2.75) is 13.3 Å². The maximum absolute atomic E-state index is 13.0. The van der Waals surface area contributed by atoms with Crippen molar-refractivity contribution in [2.75, 3.05) is 12.4 Å². The molecule has 5 heteroatoms. The Kier molecular flexibility index (Phi) is 3.99. The number of methoxy groups -OCH3 is 1. The van der Waals surface area contributed by atoms with E-state index in [1.165, 1.54) is 32.2 Å². The third-order valence-corrected chi connectivity index (χ3v) is 1.84. The molecule has 0 aliphatic heterocycles. The van der Waals surface area contributed by atoms with Crippen LogP contribution in [-0.4, -0.2) is 18.8 Å². The topological polar surface area (TPSA) is 55.4 Å². The molecule has 86 valence electrons. The van der Waals surface area contributed by atoms with Crippen LogP contribution in [0.4, 0.5) is 10.1 Å². The molecule has 16 heavy (non-hydrogen) atoms. The van der Waals surface area contributed by atoms with E-state index in [1.54, 1.807) is 0 Å². The number of benzene rings is 1. The number of carbonyl (C=O) groups excluding carboxylic acids is 2. The fourth-order valence-corrected chi connectivity index (χ4v) is 1.17. The Hall–Kier alpha value is -1.91. The van der Waals surface area contributed by atoms with Crippen LogP contribution in [0, 0.1) is 5.82 Å². The molecule has 0 saturated heterocycles. The number of anilines is 1. The molecule has 0 heterocycles. The van der Waals surface area contributed by atoms with Crippen LogP contribution in [0.2, 0.25) is 0 Å². The van der Waals surface area contributed by atoms with Gasteiger partial charge in [-0.1, -0.05) is 0 Å². The van der Waals surface area contributed by atoms with Crippen LogP contribution >= 0.6 is 0 Å². The zero-order valence-electron chi connectivity index (χ0n) is 9.04. The molecule has 0 unspecified atom stereocenters. The van der Waals surface area contributed by atoms with E-state index in [9.17, 15) is 14.0 Å². The lowest BCUT2D eigenvalue weighted by atomic mass is 10.2. The third kappa shape index (κ3) is 3.34. The third-order valence-electron chi connectivity index (χ3n) is 1.84. The molecule has 1 N–H and O–H groups in total. The molecule has 0 spiro atoms. The Labute approximate surface area is 92.4 Å². The molecule has 4 nitrogen and oxygen atoms in total. The van der Waals surface area contributed by atoms with Gasteiger partial charge in [0, 0.05) is 11.8 Å². The van der Waals surface area contributed by atoms with Gasteiger partial charge in [0.15, 0.2) is 11.6 Å². The number of hydrogen-bond donors (Lipinski definition) is 1. The standard InChI is InChI=1S/C11H12FNO3/c1-7(14)5-11(15)13-8-3-4-9(12)10(6-8)16-2/h3-4,6H,5H2,1-2H3,(H,13,15). The van der Waals surface area contributed by atoms with Crippen LogP contribution in [0.5, 0.6) is 5.75 Å². The number of nitrogens with one attached hydrogen (secondary N) is 1. The summed E-state index contributed by atoms with van der Waals surface area (Å²) in [7, 11) is 1.33. The number of ether oxygens (including phenoxy) is 1. The first-order valence-electron chi connectivity index (χ1n) is 4.65. The van der Waals surface area contributed by atoms with Crippen LogP contribution in [-0.2, 0) is 9.59 Å². The van der Waals surface area contributed by atoms with Crippen molar-refractivity contribution >= 4 is 17.4 Å². The molecular weight excluding hydrogens is 213 g/mol. The number of ketones is 1. The van der Waals surface area contributed by atoms with E-state index in [0.29, 0.717) is 5.69 Å². The maximum atomic E-state index is 13.0. The van der Waals surface area contributed by atoms with E-state index in [0.717, 1.165) is 0 Å². The molecule has 1 rings (SSSR count). The second-order valence-corrected chi connectivity index (χ2v) is 3.28. The number of hydrogen-bond acceptors (Lipinski definition) is 3. The molecule has 0 aromatic heterocycles. The van der Waals surface area contributed by atoms with E-state index in [4.69, 9.17) is 4.74 Å². The van der Waals surface area contributed by atoms with Gasteiger partial charge >= 0.3 is 0 Å². The molecule has 1 aromatic carbocycles. The quantitative estimate of drug-likeness (QED) is 0.794. The van der Waals surface area contributed by atoms with Crippen LogP contribution in [0.15, 0.2) is 18.2 Å². The lowest BCUT2D eigenvalue weighted by Crippen LogP contribution is -2.14. The Bertz CT molecular complexity index is 418. The van der Waals surface area contributed by atoms with Gasteiger partial charge < -0.3 is 10.1 Å². The van der Waals surface area contributed by atoms with Crippen molar-refractivity contribution < 1.29 is 18.7 Å². The van der Waals surface area contributed by atoms with Gasteiger partial charge in [0.25, 0.3) is 0 Å². The molecule has 0 fully saturated rings. The molecule has 0 radical (unpaired) electrons. The van der Waals surface area contributed by atoms with E-state index in [2.05, 4.69) is 5.32 Å².